The Bertz CT molecular complexity index is 644. The third kappa shape index (κ3) is 1.71. The zero-order valence-electron chi connectivity index (χ0n) is 9.33. The Kier molecular flexibility index (Phi) is 2.22. The largest absolute Gasteiger partial charge is 0.338 e. The Morgan fingerprint density at radius 3 is 2.76 bits per heavy atom. The predicted molar refractivity (Wildman–Crippen MR) is 66.0 cm³/mol. The molecule has 2 heterocycles. The second-order valence-corrected chi connectivity index (χ2v) is 3.73. The number of pyridine rings is 1. The molecular weight excluding hydrogens is 214 g/mol. The number of aromatic nitrogens is 4. The summed E-state index contributed by atoms with van der Waals surface area (Å²) in [7, 11) is 1.86. The first-order valence-corrected chi connectivity index (χ1v) is 5.31. The molecule has 17 heavy (non-hydrogen) atoms. The lowest BCUT2D eigenvalue weighted by Crippen LogP contribution is -1.94. The third-order valence-electron chi connectivity index (χ3n) is 2.57. The molecule has 5 heteroatoms. The molecule has 1 aromatic carbocycles. The summed E-state index contributed by atoms with van der Waals surface area (Å²) in [5.41, 5.74) is 2.72. The van der Waals surface area contributed by atoms with Crippen molar-refractivity contribution in [3.05, 3.63) is 42.6 Å². The zero-order valence-corrected chi connectivity index (χ0v) is 9.33. The van der Waals surface area contributed by atoms with E-state index in [0.717, 1.165) is 22.5 Å². The first kappa shape index (κ1) is 9.77. The highest BCUT2D eigenvalue weighted by Gasteiger charge is 2.07. The van der Waals surface area contributed by atoms with Crippen LogP contribution in [-0.4, -0.2) is 20.0 Å². The van der Waals surface area contributed by atoms with Crippen LogP contribution < -0.4 is 5.32 Å². The van der Waals surface area contributed by atoms with Crippen LogP contribution in [0, 0.1) is 0 Å². The summed E-state index contributed by atoms with van der Waals surface area (Å²) < 4.78 is 1.73. The van der Waals surface area contributed by atoms with E-state index in [2.05, 4.69) is 20.6 Å². The maximum absolute atomic E-state index is 4.29. The van der Waals surface area contributed by atoms with Gasteiger partial charge in [-0.3, -0.25) is 0 Å². The van der Waals surface area contributed by atoms with Crippen LogP contribution in [0.5, 0.6) is 0 Å². The highest BCUT2D eigenvalue weighted by Crippen LogP contribution is 2.21. The van der Waals surface area contributed by atoms with E-state index in [-0.39, 0.29) is 0 Å². The van der Waals surface area contributed by atoms with Gasteiger partial charge in [0, 0.05) is 18.9 Å². The van der Waals surface area contributed by atoms with Crippen LogP contribution in [0.1, 0.15) is 0 Å². The van der Waals surface area contributed by atoms with E-state index < -0.39 is 0 Å². The second kappa shape index (κ2) is 3.86. The molecule has 0 aliphatic carbocycles. The highest BCUT2D eigenvalue weighted by molar-refractivity contribution is 5.86. The van der Waals surface area contributed by atoms with E-state index in [1.54, 1.807) is 10.9 Å². The molecule has 1 N–H and O–H groups in total. The molecule has 0 aliphatic heterocycles. The highest BCUT2D eigenvalue weighted by atomic mass is 15.4. The fraction of sp³-hybridized carbons (Fsp3) is 0.0833. The van der Waals surface area contributed by atoms with Crippen molar-refractivity contribution in [3.8, 4) is 0 Å². The summed E-state index contributed by atoms with van der Waals surface area (Å²) in [6.45, 7) is 0. The average molecular weight is 225 g/mol. The predicted octanol–water partition coefficient (Wildman–Crippen LogP) is 2.11. The zero-order chi connectivity index (χ0) is 11.7. The first-order valence-electron chi connectivity index (χ1n) is 5.31. The molecule has 0 fully saturated rings. The minimum Gasteiger partial charge on any atom is -0.338 e. The van der Waals surface area contributed by atoms with E-state index in [9.17, 15) is 0 Å². The molecule has 0 bridgehead atoms. The summed E-state index contributed by atoms with van der Waals surface area (Å²) in [4.78, 5) is 4.29. The van der Waals surface area contributed by atoms with E-state index in [0.29, 0.717) is 0 Å². The SMILES string of the molecule is Cn1nnc2c(Nc3ccccc3)nccc21. The van der Waals surface area contributed by atoms with Gasteiger partial charge in [-0.05, 0) is 18.2 Å². The molecule has 84 valence electrons. The Morgan fingerprint density at radius 1 is 1.12 bits per heavy atom. The van der Waals surface area contributed by atoms with Gasteiger partial charge in [-0.15, -0.1) is 5.10 Å². The minimum absolute atomic E-state index is 0.724. The van der Waals surface area contributed by atoms with Crippen molar-refractivity contribution in [2.45, 2.75) is 0 Å². The molecule has 0 saturated heterocycles. The number of nitrogens with zero attached hydrogens (tertiary/aromatic N) is 4. The van der Waals surface area contributed by atoms with Crippen molar-refractivity contribution >= 4 is 22.5 Å². The fourth-order valence-corrected chi connectivity index (χ4v) is 1.71. The van der Waals surface area contributed by atoms with E-state index >= 15 is 0 Å². The van der Waals surface area contributed by atoms with Gasteiger partial charge >= 0.3 is 0 Å². The van der Waals surface area contributed by atoms with Gasteiger partial charge in [0.1, 0.15) is 0 Å². The standard InChI is InChI=1S/C12H11N5/c1-17-10-7-8-13-12(11(10)15-16-17)14-9-5-3-2-4-6-9/h2-8H,1H3,(H,13,14). The molecule has 0 radical (unpaired) electrons. The Hall–Kier alpha value is -2.43. The van der Waals surface area contributed by atoms with Crippen molar-refractivity contribution in [1.82, 2.24) is 20.0 Å². The molecule has 5 nitrogen and oxygen atoms in total. The number of nitrogens with one attached hydrogen (secondary N) is 1. The van der Waals surface area contributed by atoms with Crippen molar-refractivity contribution in [3.63, 3.8) is 0 Å². The van der Waals surface area contributed by atoms with Crippen LogP contribution >= 0.6 is 0 Å². The van der Waals surface area contributed by atoms with Gasteiger partial charge in [-0.1, -0.05) is 23.4 Å². The van der Waals surface area contributed by atoms with Gasteiger partial charge in [0.2, 0.25) is 0 Å². The molecule has 0 unspecified atom stereocenters. The van der Waals surface area contributed by atoms with Gasteiger partial charge in [0.05, 0.1) is 5.52 Å². The van der Waals surface area contributed by atoms with Crippen molar-refractivity contribution in [2.24, 2.45) is 7.05 Å². The number of anilines is 2. The van der Waals surface area contributed by atoms with Gasteiger partial charge in [-0.25, -0.2) is 9.67 Å². The van der Waals surface area contributed by atoms with Crippen LogP contribution in [0.15, 0.2) is 42.6 Å². The average Bonchev–Trinajstić information content (AvgIpc) is 2.74. The molecule has 0 spiro atoms. The number of hydrogen-bond donors (Lipinski definition) is 1. The molecule has 3 rings (SSSR count). The second-order valence-electron chi connectivity index (χ2n) is 3.73. The lowest BCUT2D eigenvalue weighted by atomic mass is 10.3. The molecular formula is C12H11N5. The van der Waals surface area contributed by atoms with Gasteiger partial charge < -0.3 is 5.32 Å². The normalized spacial score (nSPS) is 10.6. The van der Waals surface area contributed by atoms with Crippen LogP contribution in [0.4, 0.5) is 11.5 Å². The van der Waals surface area contributed by atoms with Crippen LogP contribution in [0.3, 0.4) is 0 Å². The number of hydrogen-bond acceptors (Lipinski definition) is 4. The maximum Gasteiger partial charge on any atom is 0.160 e. The summed E-state index contributed by atoms with van der Waals surface area (Å²) in [5.74, 6) is 0.724. The monoisotopic (exact) mass is 225 g/mol. The Morgan fingerprint density at radius 2 is 1.94 bits per heavy atom. The molecule has 0 amide bonds. The Balaban J connectivity index is 2.06. The number of rotatable bonds is 2. The molecule has 2 aromatic heterocycles. The number of fused-ring (bicyclic) bond motifs is 1. The first-order chi connectivity index (χ1) is 8.34. The fourth-order valence-electron chi connectivity index (χ4n) is 1.71. The van der Waals surface area contributed by atoms with Crippen molar-refractivity contribution < 1.29 is 0 Å². The summed E-state index contributed by atoms with van der Waals surface area (Å²) >= 11 is 0. The lowest BCUT2D eigenvalue weighted by Gasteiger charge is -2.04. The van der Waals surface area contributed by atoms with E-state index in [1.807, 2.05) is 43.4 Å². The third-order valence-corrected chi connectivity index (χ3v) is 2.57. The molecule has 0 saturated carbocycles. The number of benzene rings is 1. The quantitative estimate of drug-likeness (QED) is 0.725. The summed E-state index contributed by atoms with van der Waals surface area (Å²) in [6.07, 6.45) is 1.75. The maximum atomic E-state index is 4.29. The summed E-state index contributed by atoms with van der Waals surface area (Å²) in [6, 6.07) is 11.8. The van der Waals surface area contributed by atoms with Crippen LogP contribution in [-0.2, 0) is 7.05 Å². The number of aryl methyl sites for hydroxylation is 1. The number of para-hydroxylation sites is 1. The van der Waals surface area contributed by atoms with Gasteiger partial charge in [0.25, 0.3) is 0 Å². The van der Waals surface area contributed by atoms with Gasteiger partial charge in [-0.2, -0.15) is 0 Å². The molecule has 0 atom stereocenters. The van der Waals surface area contributed by atoms with Gasteiger partial charge in [0.15, 0.2) is 11.3 Å². The molecule has 0 aliphatic rings. The van der Waals surface area contributed by atoms with E-state index in [1.165, 1.54) is 0 Å². The molecule has 3 aromatic rings. The summed E-state index contributed by atoms with van der Waals surface area (Å²) in [5, 5.41) is 11.3. The smallest absolute Gasteiger partial charge is 0.160 e. The van der Waals surface area contributed by atoms with Crippen molar-refractivity contribution in [1.29, 1.82) is 0 Å². The van der Waals surface area contributed by atoms with Crippen LogP contribution in [0.2, 0.25) is 0 Å². The van der Waals surface area contributed by atoms with E-state index in [4.69, 9.17) is 0 Å². The van der Waals surface area contributed by atoms with Crippen molar-refractivity contribution in [2.75, 3.05) is 5.32 Å². The van der Waals surface area contributed by atoms with Crippen LogP contribution in [0.25, 0.3) is 11.0 Å². The Labute approximate surface area is 98.1 Å². The topological polar surface area (TPSA) is 55.6 Å². The lowest BCUT2D eigenvalue weighted by molar-refractivity contribution is 0.736. The minimum atomic E-state index is 0.724.